The maximum atomic E-state index is 12.0. The number of nitrogens with one attached hydrogen (secondary N) is 2. The fraction of sp³-hybridized carbons (Fsp3) is 1.00. The second-order valence-corrected chi connectivity index (χ2v) is 8.21. The van der Waals surface area contributed by atoms with Gasteiger partial charge < -0.3 is 5.32 Å². The molecular formula is C14H28N2O2S. The van der Waals surface area contributed by atoms with Gasteiger partial charge in [0.15, 0.2) is 0 Å². The monoisotopic (exact) mass is 288 g/mol. The Hall–Kier alpha value is -0.130. The molecule has 1 saturated carbocycles. The van der Waals surface area contributed by atoms with Crippen molar-refractivity contribution in [1.82, 2.24) is 10.0 Å². The highest BCUT2D eigenvalue weighted by atomic mass is 32.2. The predicted octanol–water partition coefficient (Wildman–Crippen LogP) is 2.02. The minimum Gasteiger partial charge on any atom is -0.314 e. The molecule has 1 atom stereocenters. The largest absolute Gasteiger partial charge is 0.314 e. The molecule has 0 spiro atoms. The lowest BCUT2D eigenvalue weighted by atomic mass is 9.67. The fourth-order valence-corrected chi connectivity index (χ4v) is 4.40. The smallest absolute Gasteiger partial charge is 0.211 e. The molecule has 1 aliphatic heterocycles. The summed E-state index contributed by atoms with van der Waals surface area (Å²) in [4.78, 5) is 0. The summed E-state index contributed by atoms with van der Waals surface area (Å²) < 4.78 is 26.9. The van der Waals surface area contributed by atoms with Crippen LogP contribution in [0.3, 0.4) is 0 Å². The predicted molar refractivity (Wildman–Crippen MR) is 78.6 cm³/mol. The van der Waals surface area contributed by atoms with Gasteiger partial charge in [0.2, 0.25) is 10.0 Å². The minimum absolute atomic E-state index is 0.260. The van der Waals surface area contributed by atoms with Crippen LogP contribution in [0.25, 0.3) is 0 Å². The molecule has 0 aromatic heterocycles. The number of hydrogen-bond donors (Lipinski definition) is 2. The number of piperidine rings is 1. The lowest BCUT2D eigenvalue weighted by Gasteiger charge is -2.41. The molecule has 0 aromatic rings. The Morgan fingerprint density at radius 3 is 2.58 bits per heavy atom. The van der Waals surface area contributed by atoms with Crippen LogP contribution in [-0.4, -0.2) is 33.3 Å². The lowest BCUT2D eigenvalue weighted by molar-refractivity contribution is 0.133. The first-order valence-corrected chi connectivity index (χ1v) is 9.41. The van der Waals surface area contributed by atoms with E-state index in [2.05, 4.69) is 17.0 Å². The molecule has 0 aromatic carbocycles. The zero-order valence-electron chi connectivity index (χ0n) is 12.1. The molecular weight excluding hydrogens is 260 g/mol. The van der Waals surface area contributed by atoms with Crippen molar-refractivity contribution < 1.29 is 8.42 Å². The molecule has 0 bridgehead atoms. The first-order chi connectivity index (χ1) is 9.05. The number of hydrogen-bond acceptors (Lipinski definition) is 3. The molecule has 0 amide bonds. The van der Waals surface area contributed by atoms with Gasteiger partial charge in [0, 0.05) is 12.6 Å². The summed E-state index contributed by atoms with van der Waals surface area (Å²) in [5, 5.41) is 3.41. The van der Waals surface area contributed by atoms with E-state index in [0.29, 0.717) is 12.6 Å². The van der Waals surface area contributed by atoms with Crippen LogP contribution in [0.4, 0.5) is 0 Å². The highest BCUT2D eigenvalue weighted by Crippen LogP contribution is 2.43. The maximum Gasteiger partial charge on any atom is 0.211 e. The van der Waals surface area contributed by atoms with Crippen LogP contribution in [0.1, 0.15) is 58.3 Å². The van der Waals surface area contributed by atoms with Crippen LogP contribution >= 0.6 is 0 Å². The van der Waals surface area contributed by atoms with Gasteiger partial charge in [-0.15, -0.1) is 0 Å². The molecule has 2 N–H and O–H groups in total. The normalized spacial score (nSPS) is 26.9. The van der Waals surface area contributed by atoms with Crippen LogP contribution in [0, 0.1) is 5.41 Å². The molecule has 4 nitrogen and oxygen atoms in total. The van der Waals surface area contributed by atoms with E-state index < -0.39 is 10.0 Å². The van der Waals surface area contributed by atoms with E-state index in [-0.39, 0.29) is 11.2 Å². The van der Waals surface area contributed by atoms with E-state index >= 15 is 0 Å². The van der Waals surface area contributed by atoms with Crippen LogP contribution < -0.4 is 10.0 Å². The van der Waals surface area contributed by atoms with Gasteiger partial charge in [-0.3, -0.25) is 0 Å². The van der Waals surface area contributed by atoms with Gasteiger partial charge in [-0.2, -0.15) is 0 Å². The van der Waals surface area contributed by atoms with Gasteiger partial charge in [-0.05, 0) is 50.5 Å². The van der Waals surface area contributed by atoms with E-state index in [9.17, 15) is 8.42 Å². The van der Waals surface area contributed by atoms with Gasteiger partial charge in [0.05, 0.1) is 5.75 Å². The topological polar surface area (TPSA) is 58.2 Å². The molecule has 1 unspecified atom stereocenters. The summed E-state index contributed by atoms with van der Waals surface area (Å²) >= 11 is 0. The van der Waals surface area contributed by atoms with Crippen molar-refractivity contribution in [1.29, 1.82) is 0 Å². The molecule has 1 saturated heterocycles. The standard InChI is InChI=1S/C14H28N2O2S/c1-2-14(8-5-9-14)12-16-19(17,18)11-7-13-6-3-4-10-15-13/h13,15-16H,2-12H2,1H3. The van der Waals surface area contributed by atoms with Gasteiger partial charge in [0.1, 0.15) is 0 Å². The second-order valence-electron chi connectivity index (χ2n) is 6.28. The summed E-state index contributed by atoms with van der Waals surface area (Å²) in [7, 11) is -3.09. The van der Waals surface area contributed by atoms with E-state index in [0.717, 1.165) is 25.8 Å². The van der Waals surface area contributed by atoms with Crippen molar-refractivity contribution >= 4 is 10.0 Å². The Labute approximate surface area is 117 Å². The van der Waals surface area contributed by atoms with Crippen molar-refractivity contribution in [2.24, 2.45) is 5.41 Å². The van der Waals surface area contributed by atoms with Gasteiger partial charge in [0.25, 0.3) is 0 Å². The molecule has 19 heavy (non-hydrogen) atoms. The summed E-state index contributed by atoms with van der Waals surface area (Å²) in [6.45, 7) is 3.85. The van der Waals surface area contributed by atoms with Crippen LogP contribution in [0.2, 0.25) is 0 Å². The van der Waals surface area contributed by atoms with Crippen molar-refractivity contribution in [3.05, 3.63) is 0 Å². The zero-order valence-corrected chi connectivity index (χ0v) is 12.9. The Morgan fingerprint density at radius 1 is 1.26 bits per heavy atom. The second kappa shape index (κ2) is 6.55. The average Bonchev–Trinajstić information content (AvgIpc) is 2.37. The van der Waals surface area contributed by atoms with Gasteiger partial charge >= 0.3 is 0 Å². The first kappa shape index (κ1) is 15.3. The van der Waals surface area contributed by atoms with Crippen molar-refractivity contribution in [3.8, 4) is 0 Å². The van der Waals surface area contributed by atoms with Crippen LogP contribution in [0.15, 0.2) is 0 Å². The van der Waals surface area contributed by atoms with Gasteiger partial charge in [-0.1, -0.05) is 19.8 Å². The Bertz CT molecular complexity index is 365. The van der Waals surface area contributed by atoms with E-state index in [1.54, 1.807) is 0 Å². The molecule has 2 aliphatic rings. The summed E-state index contributed by atoms with van der Waals surface area (Å²) in [6, 6.07) is 0.397. The number of rotatable bonds is 7. The quantitative estimate of drug-likeness (QED) is 0.753. The molecule has 5 heteroatoms. The zero-order chi connectivity index (χ0) is 13.8. The van der Waals surface area contributed by atoms with Crippen LogP contribution in [0.5, 0.6) is 0 Å². The first-order valence-electron chi connectivity index (χ1n) is 7.76. The molecule has 1 heterocycles. The molecule has 2 fully saturated rings. The summed E-state index contributed by atoms with van der Waals surface area (Å²) in [5.41, 5.74) is 0.260. The number of sulfonamides is 1. The Morgan fingerprint density at radius 2 is 2.05 bits per heavy atom. The molecule has 2 rings (SSSR count). The van der Waals surface area contributed by atoms with Crippen molar-refractivity contribution in [3.63, 3.8) is 0 Å². The van der Waals surface area contributed by atoms with Crippen LogP contribution in [-0.2, 0) is 10.0 Å². The minimum atomic E-state index is -3.09. The SMILES string of the molecule is CCC1(CNS(=O)(=O)CCC2CCCCN2)CCC1. The van der Waals surface area contributed by atoms with Crippen molar-refractivity contribution in [2.45, 2.75) is 64.3 Å². The van der Waals surface area contributed by atoms with E-state index in [1.165, 1.54) is 32.1 Å². The Balaban J connectivity index is 1.72. The highest BCUT2D eigenvalue weighted by molar-refractivity contribution is 7.89. The third-order valence-corrected chi connectivity index (χ3v) is 6.34. The fourth-order valence-electron chi connectivity index (χ4n) is 3.14. The third-order valence-electron chi connectivity index (χ3n) is 4.98. The third kappa shape index (κ3) is 4.43. The van der Waals surface area contributed by atoms with Gasteiger partial charge in [-0.25, -0.2) is 13.1 Å². The molecule has 112 valence electrons. The highest BCUT2D eigenvalue weighted by Gasteiger charge is 2.35. The molecule has 0 radical (unpaired) electrons. The average molecular weight is 288 g/mol. The lowest BCUT2D eigenvalue weighted by Crippen LogP contribution is -2.43. The summed E-state index contributed by atoms with van der Waals surface area (Å²) in [6.07, 6.45) is 9.00. The molecule has 1 aliphatic carbocycles. The van der Waals surface area contributed by atoms with E-state index in [1.807, 2.05) is 0 Å². The maximum absolute atomic E-state index is 12.0. The summed E-state index contributed by atoms with van der Waals surface area (Å²) in [5.74, 6) is 0.268. The Kier molecular flexibility index (Phi) is 5.26. The van der Waals surface area contributed by atoms with E-state index in [4.69, 9.17) is 0 Å². The van der Waals surface area contributed by atoms with Crippen molar-refractivity contribution in [2.75, 3.05) is 18.8 Å².